The van der Waals surface area contributed by atoms with Gasteiger partial charge < -0.3 is 19.7 Å². The summed E-state index contributed by atoms with van der Waals surface area (Å²) in [7, 11) is 3.24. The van der Waals surface area contributed by atoms with Crippen molar-refractivity contribution in [3.8, 4) is 17.4 Å². The fourth-order valence-electron chi connectivity index (χ4n) is 4.12. The van der Waals surface area contributed by atoms with E-state index in [1.54, 1.807) is 31.3 Å². The lowest BCUT2D eigenvalue weighted by atomic mass is 10.0. The van der Waals surface area contributed by atoms with Crippen molar-refractivity contribution in [3.05, 3.63) is 54.2 Å². The quantitative estimate of drug-likeness (QED) is 0.535. The zero-order valence-electron chi connectivity index (χ0n) is 19.3. The molecular weight excluding hydrogens is 420 g/mol. The number of methoxy groups -OCH3 is 2. The van der Waals surface area contributed by atoms with Crippen LogP contribution in [0, 0.1) is 12.8 Å². The summed E-state index contributed by atoms with van der Waals surface area (Å²) in [6.45, 7) is 4.24. The van der Waals surface area contributed by atoms with Gasteiger partial charge in [0.15, 0.2) is 11.5 Å². The summed E-state index contributed by atoms with van der Waals surface area (Å²) in [4.78, 5) is 28.0. The highest BCUT2D eigenvalue weighted by atomic mass is 16.5. The van der Waals surface area contributed by atoms with E-state index >= 15 is 0 Å². The van der Waals surface area contributed by atoms with Gasteiger partial charge >= 0.3 is 0 Å². The van der Waals surface area contributed by atoms with E-state index in [1.807, 2.05) is 37.4 Å². The second-order valence-electron chi connectivity index (χ2n) is 8.23. The number of rotatable bonds is 9. The third-order valence-electron chi connectivity index (χ3n) is 5.83. The van der Waals surface area contributed by atoms with Crippen molar-refractivity contribution >= 4 is 11.7 Å². The van der Waals surface area contributed by atoms with Crippen molar-refractivity contribution in [2.24, 2.45) is 5.92 Å². The van der Waals surface area contributed by atoms with Crippen molar-refractivity contribution < 1.29 is 14.3 Å². The molecule has 0 saturated carbocycles. The Bertz CT molecular complexity index is 1090. The van der Waals surface area contributed by atoms with Crippen LogP contribution in [-0.2, 0) is 11.2 Å². The lowest BCUT2D eigenvalue weighted by molar-refractivity contribution is -0.121. The van der Waals surface area contributed by atoms with Gasteiger partial charge in [-0.2, -0.15) is 4.98 Å². The Morgan fingerprint density at radius 1 is 1.18 bits per heavy atom. The second kappa shape index (κ2) is 10.3. The molecule has 2 aromatic heterocycles. The number of aryl methyl sites for hydroxylation is 1. The van der Waals surface area contributed by atoms with Crippen LogP contribution in [0.5, 0.6) is 11.5 Å². The molecule has 174 valence electrons. The van der Waals surface area contributed by atoms with Crippen LogP contribution in [0.2, 0.25) is 0 Å². The Morgan fingerprint density at radius 2 is 2.03 bits per heavy atom. The van der Waals surface area contributed by atoms with Gasteiger partial charge in [0.2, 0.25) is 11.9 Å². The number of nitrogens with zero attached hydrogens (tertiary/aromatic N) is 5. The first-order chi connectivity index (χ1) is 16.1. The summed E-state index contributed by atoms with van der Waals surface area (Å²) >= 11 is 0. The van der Waals surface area contributed by atoms with E-state index in [0.29, 0.717) is 36.3 Å². The predicted octanol–water partition coefficient (Wildman–Crippen LogP) is 2.56. The second-order valence-corrected chi connectivity index (χ2v) is 8.23. The topological polar surface area (TPSA) is 94.4 Å². The molecule has 0 aliphatic carbocycles. The van der Waals surface area contributed by atoms with Gasteiger partial charge in [-0.1, -0.05) is 6.07 Å². The first-order valence-electron chi connectivity index (χ1n) is 11.1. The summed E-state index contributed by atoms with van der Waals surface area (Å²) in [5.74, 6) is 3.29. The molecular formula is C24H30N6O3. The molecule has 1 saturated heterocycles. The third kappa shape index (κ3) is 5.60. The molecule has 1 aliphatic heterocycles. The molecule has 9 heteroatoms. The van der Waals surface area contributed by atoms with E-state index in [0.717, 1.165) is 43.0 Å². The van der Waals surface area contributed by atoms with Crippen LogP contribution >= 0.6 is 0 Å². The highest BCUT2D eigenvalue weighted by Gasteiger charge is 2.26. The van der Waals surface area contributed by atoms with Crippen molar-refractivity contribution in [2.45, 2.75) is 26.2 Å². The summed E-state index contributed by atoms with van der Waals surface area (Å²) in [5, 5.41) is 3.05. The summed E-state index contributed by atoms with van der Waals surface area (Å²) < 4.78 is 12.4. The zero-order valence-corrected chi connectivity index (χ0v) is 19.3. The number of benzene rings is 1. The van der Waals surface area contributed by atoms with Crippen LogP contribution in [-0.4, -0.2) is 59.3 Å². The number of aromatic nitrogens is 4. The summed E-state index contributed by atoms with van der Waals surface area (Å²) in [6, 6.07) is 7.81. The number of amides is 1. The SMILES string of the molecule is COc1ccc(CCNC(=O)CC2CCN(c3cc(C)nc(-n4ccnc4)n3)C2)cc1OC. The fourth-order valence-corrected chi connectivity index (χ4v) is 4.12. The van der Waals surface area contributed by atoms with Crippen molar-refractivity contribution in [2.75, 3.05) is 38.8 Å². The average molecular weight is 451 g/mol. The number of carbonyl (C=O) groups excluding carboxylic acids is 1. The van der Waals surface area contributed by atoms with E-state index in [9.17, 15) is 4.79 Å². The third-order valence-corrected chi connectivity index (χ3v) is 5.83. The summed E-state index contributed by atoms with van der Waals surface area (Å²) in [6.07, 6.45) is 7.45. The normalized spacial score (nSPS) is 15.5. The summed E-state index contributed by atoms with van der Waals surface area (Å²) in [5.41, 5.74) is 1.99. The number of anilines is 1. The van der Waals surface area contributed by atoms with Crippen molar-refractivity contribution in [1.82, 2.24) is 24.8 Å². The number of imidazole rings is 1. The Morgan fingerprint density at radius 3 is 2.79 bits per heavy atom. The van der Waals surface area contributed by atoms with Gasteiger partial charge in [0.05, 0.1) is 14.2 Å². The highest BCUT2D eigenvalue weighted by molar-refractivity contribution is 5.76. The van der Waals surface area contributed by atoms with Gasteiger partial charge in [-0.15, -0.1) is 0 Å². The number of ether oxygens (including phenoxy) is 2. The molecule has 0 spiro atoms. The monoisotopic (exact) mass is 450 g/mol. The molecule has 1 unspecified atom stereocenters. The Labute approximate surface area is 193 Å². The van der Waals surface area contributed by atoms with E-state index in [2.05, 4.69) is 20.2 Å². The molecule has 1 fully saturated rings. The number of carbonyl (C=O) groups is 1. The molecule has 1 aromatic carbocycles. The van der Waals surface area contributed by atoms with E-state index in [-0.39, 0.29) is 5.91 Å². The minimum Gasteiger partial charge on any atom is -0.493 e. The molecule has 3 aromatic rings. The molecule has 4 rings (SSSR count). The number of hydrogen-bond acceptors (Lipinski definition) is 7. The van der Waals surface area contributed by atoms with Gasteiger partial charge in [0.1, 0.15) is 12.1 Å². The molecule has 0 bridgehead atoms. The maximum atomic E-state index is 12.5. The van der Waals surface area contributed by atoms with E-state index < -0.39 is 0 Å². The van der Waals surface area contributed by atoms with Crippen LogP contribution in [0.3, 0.4) is 0 Å². The zero-order chi connectivity index (χ0) is 23.2. The lowest BCUT2D eigenvalue weighted by Gasteiger charge is -2.18. The standard InChI is InChI=1S/C24H30N6O3/c1-17-12-22(28-24(27-17)30-11-9-25-16-30)29-10-7-19(15-29)14-23(31)26-8-6-18-4-5-20(32-2)21(13-18)33-3/h4-5,9,11-13,16,19H,6-8,10,14-15H2,1-3H3,(H,26,31). The molecule has 1 N–H and O–H groups in total. The van der Waals surface area contributed by atoms with Crippen molar-refractivity contribution in [3.63, 3.8) is 0 Å². The first kappa shape index (κ1) is 22.6. The molecule has 1 amide bonds. The Kier molecular flexibility index (Phi) is 7.07. The minimum atomic E-state index is 0.0836. The Balaban J connectivity index is 1.27. The maximum absolute atomic E-state index is 12.5. The van der Waals surface area contributed by atoms with Crippen LogP contribution < -0.4 is 19.7 Å². The molecule has 3 heterocycles. The van der Waals surface area contributed by atoms with Gasteiger partial charge in [0.25, 0.3) is 0 Å². The van der Waals surface area contributed by atoms with Gasteiger partial charge in [-0.05, 0) is 43.4 Å². The largest absolute Gasteiger partial charge is 0.493 e. The van der Waals surface area contributed by atoms with E-state index in [4.69, 9.17) is 14.5 Å². The van der Waals surface area contributed by atoms with Crippen LogP contribution in [0.1, 0.15) is 24.1 Å². The van der Waals surface area contributed by atoms with Crippen LogP contribution in [0.25, 0.3) is 5.95 Å². The van der Waals surface area contributed by atoms with Gasteiger partial charge in [-0.25, -0.2) is 9.97 Å². The molecule has 33 heavy (non-hydrogen) atoms. The lowest BCUT2D eigenvalue weighted by Crippen LogP contribution is -2.29. The Hall–Kier alpha value is -3.62. The molecule has 1 aliphatic rings. The molecule has 1 atom stereocenters. The number of hydrogen-bond donors (Lipinski definition) is 1. The van der Waals surface area contributed by atoms with Crippen LogP contribution in [0.15, 0.2) is 43.0 Å². The van der Waals surface area contributed by atoms with Crippen LogP contribution in [0.4, 0.5) is 5.82 Å². The average Bonchev–Trinajstić information content (AvgIpc) is 3.51. The fraction of sp³-hybridized carbons (Fsp3) is 0.417. The number of nitrogens with one attached hydrogen (secondary N) is 1. The first-order valence-corrected chi connectivity index (χ1v) is 11.1. The minimum absolute atomic E-state index is 0.0836. The molecule has 9 nitrogen and oxygen atoms in total. The predicted molar refractivity (Wildman–Crippen MR) is 125 cm³/mol. The smallest absolute Gasteiger partial charge is 0.237 e. The van der Waals surface area contributed by atoms with Crippen molar-refractivity contribution in [1.29, 1.82) is 0 Å². The maximum Gasteiger partial charge on any atom is 0.237 e. The molecule has 0 radical (unpaired) electrons. The van der Waals surface area contributed by atoms with Gasteiger partial charge in [0, 0.05) is 50.2 Å². The highest BCUT2D eigenvalue weighted by Crippen LogP contribution is 2.28. The van der Waals surface area contributed by atoms with Gasteiger partial charge in [-0.3, -0.25) is 9.36 Å². The van der Waals surface area contributed by atoms with E-state index in [1.165, 1.54) is 0 Å².